The van der Waals surface area contributed by atoms with Gasteiger partial charge in [0.15, 0.2) is 5.69 Å². The lowest BCUT2D eigenvalue weighted by molar-refractivity contribution is 0.0689. The first kappa shape index (κ1) is 10.1. The van der Waals surface area contributed by atoms with Crippen LogP contribution < -0.4 is 5.56 Å². The van der Waals surface area contributed by atoms with Gasteiger partial charge in [0.1, 0.15) is 5.82 Å². The van der Waals surface area contributed by atoms with Gasteiger partial charge in [-0.1, -0.05) is 0 Å². The summed E-state index contributed by atoms with van der Waals surface area (Å²) in [6, 6.07) is 2.66. The average molecular weight is 220 g/mol. The number of H-pyrrole nitrogens is 1. The van der Waals surface area contributed by atoms with E-state index in [9.17, 15) is 9.59 Å². The minimum absolute atomic E-state index is 0.226. The number of aromatic nitrogens is 4. The maximum Gasteiger partial charge on any atom is 0.354 e. The Hall–Kier alpha value is -2.44. The standard InChI is InChI=1S/C9H8N4O3/c14-8-4-6(9(15)16)11-7(12-8)5-13-3-1-2-10-13/h1-4H,5H2,(H,15,16)(H,11,12,14). The summed E-state index contributed by atoms with van der Waals surface area (Å²) < 4.78 is 1.53. The molecule has 0 spiro atoms. The fourth-order valence-electron chi connectivity index (χ4n) is 1.24. The molecule has 2 N–H and O–H groups in total. The molecule has 16 heavy (non-hydrogen) atoms. The third-order valence-corrected chi connectivity index (χ3v) is 1.88. The van der Waals surface area contributed by atoms with Gasteiger partial charge in [0.2, 0.25) is 0 Å². The molecule has 0 atom stereocenters. The molecule has 0 saturated carbocycles. The van der Waals surface area contributed by atoms with E-state index in [1.165, 1.54) is 4.68 Å². The van der Waals surface area contributed by atoms with Crippen LogP contribution in [0.5, 0.6) is 0 Å². The SMILES string of the molecule is O=C(O)c1cc(=O)[nH]c(Cn2cccn2)n1. The smallest absolute Gasteiger partial charge is 0.354 e. The number of hydrogen-bond acceptors (Lipinski definition) is 4. The molecule has 0 saturated heterocycles. The number of carbonyl (C=O) groups is 1. The molecule has 0 amide bonds. The molecule has 2 rings (SSSR count). The zero-order valence-electron chi connectivity index (χ0n) is 8.12. The predicted octanol–water partition coefficient (Wildman–Crippen LogP) is -0.287. The number of aromatic carboxylic acids is 1. The normalized spacial score (nSPS) is 10.2. The zero-order chi connectivity index (χ0) is 11.5. The topological polar surface area (TPSA) is 101 Å². The van der Waals surface area contributed by atoms with Crippen molar-refractivity contribution in [2.24, 2.45) is 0 Å². The molecule has 0 unspecified atom stereocenters. The highest BCUT2D eigenvalue weighted by molar-refractivity contribution is 5.85. The van der Waals surface area contributed by atoms with Crippen molar-refractivity contribution in [3.05, 3.63) is 46.4 Å². The van der Waals surface area contributed by atoms with Crippen molar-refractivity contribution in [2.45, 2.75) is 6.54 Å². The molecule has 2 heterocycles. The van der Waals surface area contributed by atoms with Crippen molar-refractivity contribution in [1.82, 2.24) is 19.7 Å². The van der Waals surface area contributed by atoms with Gasteiger partial charge in [-0.15, -0.1) is 0 Å². The van der Waals surface area contributed by atoms with Crippen LogP contribution in [0.2, 0.25) is 0 Å². The quantitative estimate of drug-likeness (QED) is 0.740. The maximum atomic E-state index is 11.2. The maximum absolute atomic E-state index is 11.2. The first-order chi connectivity index (χ1) is 7.65. The number of carboxylic acids is 1. The van der Waals surface area contributed by atoms with Gasteiger partial charge < -0.3 is 10.1 Å². The highest BCUT2D eigenvalue weighted by Crippen LogP contribution is 1.95. The number of rotatable bonds is 3. The second-order valence-corrected chi connectivity index (χ2v) is 3.09. The van der Waals surface area contributed by atoms with E-state index < -0.39 is 11.5 Å². The van der Waals surface area contributed by atoms with Crippen molar-refractivity contribution in [2.75, 3.05) is 0 Å². The van der Waals surface area contributed by atoms with Crippen LogP contribution in [-0.4, -0.2) is 30.8 Å². The van der Waals surface area contributed by atoms with Crippen molar-refractivity contribution in [1.29, 1.82) is 0 Å². The molecule has 2 aromatic rings. The van der Waals surface area contributed by atoms with E-state index in [0.717, 1.165) is 6.07 Å². The Bertz CT molecular complexity index is 558. The molecular formula is C9H8N4O3. The fraction of sp³-hybridized carbons (Fsp3) is 0.111. The van der Waals surface area contributed by atoms with E-state index in [4.69, 9.17) is 5.11 Å². The first-order valence-corrected chi connectivity index (χ1v) is 4.46. The van der Waals surface area contributed by atoms with E-state index in [0.29, 0.717) is 0 Å². The molecular weight excluding hydrogens is 212 g/mol. The van der Waals surface area contributed by atoms with Crippen molar-refractivity contribution < 1.29 is 9.90 Å². The molecule has 82 valence electrons. The summed E-state index contributed by atoms with van der Waals surface area (Å²) >= 11 is 0. The van der Waals surface area contributed by atoms with Gasteiger partial charge in [-0.3, -0.25) is 9.48 Å². The summed E-state index contributed by atoms with van der Waals surface area (Å²) in [7, 11) is 0. The van der Waals surface area contributed by atoms with E-state index in [1.54, 1.807) is 18.5 Å². The number of nitrogens with zero attached hydrogens (tertiary/aromatic N) is 3. The number of carboxylic acid groups (broad SMARTS) is 1. The summed E-state index contributed by atoms with van der Waals surface area (Å²) in [5.41, 5.74) is -0.763. The van der Waals surface area contributed by atoms with E-state index in [2.05, 4.69) is 15.1 Å². The van der Waals surface area contributed by atoms with Gasteiger partial charge in [-0.05, 0) is 6.07 Å². The Balaban J connectivity index is 2.34. The van der Waals surface area contributed by atoms with Crippen molar-refractivity contribution >= 4 is 5.97 Å². The molecule has 2 aromatic heterocycles. The van der Waals surface area contributed by atoms with Gasteiger partial charge in [-0.2, -0.15) is 5.10 Å². The second kappa shape index (κ2) is 3.97. The second-order valence-electron chi connectivity index (χ2n) is 3.09. The van der Waals surface area contributed by atoms with Gasteiger partial charge in [0, 0.05) is 18.5 Å². The largest absolute Gasteiger partial charge is 0.477 e. The summed E-state index contributed by atoms with van der Waals surface area (Å²) in [4.78, 5) is 28.1. The molecule has 0 fully saturated rings. The third kappa shape index (κ3) is 2.14. The number of nitrogens with one attached hydrogen (secondary N) is 1. The van der Waals surface area contributed by atoms with Crippen LogP contribution in [0.15, 0.2) is 29.3 Å². The van der Waals surface area contributed by atoms with Crippen LogP contribution in [0.25, 0.3) is 0 Å². The average Bonchev–Trinajstić information content (AvgIpc) is 2.69. The van der Waals surface area contributed by atoms with Gasteiger partial charge >= 0.3 is 5.97 Å². The van der Waals surface area contributed by atoms with Crippen LogP contribution in [0.3, 0.4) is 0 Å². The summed E-state index contributed by atoms with van der Waals surface area (Å²) in [6.07, 6.45) is 3.27. The van der Waals surface area contributed by atoms with Crippen LogP contribution in [0.4, 0.5) is 0 Å². The molecule has 0 aliphatic rings. The third-order valence-electron chi connectivity index (χ3n) is 1.88. The Morgan fingerprint density at radius 2 is 2.38 bits per heavy atom. The first-order valence-electron chi connectivity index (χ1n) is 4.46. The number of hydrogen-bond donors (Lipinski definition) is 2. The van der Waals surface area contributed by atoms with Crippen LogP contribution in [-0.2, 0) is 6.54 Å². The summed E-state index contributed by atoms with van der Waals surface area (Å²) in [5.74, 6) is -0.971. The van der Waals surface area contributed by atoms with Gasteiger partial charge in [0.05, 0.1) is 6.54 Å². The molecule has 0 aliphatic heterocycles. The molecule has 0 radical (unpaired) electrons. The van der Waals surface area contributed by atoms with Crippen molar-refractivity contribution in [3.63, 3.8) is 0 Å². The van der Waals surface area contributed by atoms with E-state index >= 15 is 0 Å². The molecule has 0 aliphatic carbocycles. The van der Waals surface area contributed by atoms with Crippen LogP contribution in [0, 0.1) is 0 Å². The fourth-order valence-corrected chi connectivity index (χ4v) is 1.24. The number of aromatic amines is 1. The summed E-state index contributed by atoms with van der Waals surface area (Å²) in [5, 5.41) is 12.6. The Morgan fingerprint density at radius 1 is 1.56 bits per heavy atom. The molecule has 7 nitrogen and oxygen atoms in total. The minimum Gasteiger partial charge on any atom is -0.477 e. The van der Waals surface area contributed by atoms with E-state index in [-0.39, 0.29) is 18.1 Å². The highest BCUT2D eigenvalue weighted by Gasteiger charge is 2.08. The zero-order valence-corrected chi connectivity index (χ0v) is 8.12. The van der Waals surface area contributed by atoms with Crippen molar-refractivity contribution in [3.8, 4) is 0 Å². The lowest BCUT2D eigenvalue weighted by Crippen LogP contribution is -2.17. The Kier molecular flexibility index (Phi) is 2.50. The molecule has 7 heteroatoms. The van der Waals surface area contributed by atoms with E-state index in [1.807, 2.05) is 0 Å². The van der Waals surface area contributed by atoms with Crippen LogP contribution >= 0.6 is 0 Å². The summed E-state index contributed by atoms with van der Waals surface area (Å²) in [6.45, 7) is 0.226. The predicted molar refractivity (Wildman–Crippen MR) is 53.1 cm³/mol. The Morgan fingerprint density at radius 3 is 3.00 bits per heavy atom. The minimum atomic E-state index is -1.23. The molecule has 0 aromatic carbocycles. The lowest BCUT2D eigenvalue weighted by atomic mass is 10.4. The Labute approximate surface area is 89.4 Å². The van der Waals surface area contributed by atoms with Gasteiger partial charge in [-0.25, -0.2) is 9.78 Å². The highest BCUT2D eigenvalue weighted by atomic mass is 16.4. The van der Waals surface area contributed by atoms with Crippen LogP contribution in [0.1, 0.15) is 16.3 Å². The lowest BCUT2D eigenvalue weighted by Gasteiger charge is -2.01. The van der Waals surface area contributed by atoms with Gasteiger partial charge in [0.25, 0.3) is 5.56 Å². The molecule has 0 bridgehead atoms. The monoisotopic (exact) mass is 220 g/mol.